The van der Waals surface area contributed by atoms with E-state index in [4.69, 9.17) is 0 Å². The number of fused-ring (bicyclic) bond motifs is 1. The number of hydrogen-bond acceptors (Lipinski definition) is 2. The summed E-state index contributed by atoms with van der Waals surface area (Å²) in [6, 6.07) is 39.8. The molecule has 0 unspecified atom stereocenters. The summed E-state index contributed by atoms with van der Waals surface area (Å²) in [7, 11) is -1.89. The maximum absolute atomic E-state index is 13.2. The number of carbonyl (C=O) groups is 2. The van der Waals surface area contributed by atoms with Crippen molar-refractivity contribution in [2.45, 2.75) is 26.2 Å². The Morgan fingerprint density at radius 3 is 1.41 bits per heavy atom. The minimum Gasteiger partial charge on any atom is -1.00 e. The fourth-order valence-corrected chi connectivity index (χ4v) is 9.79. The lowest BCUT2D eigenvalue weighted by atomic mass is 9.83. The smallest absolute Gasteiger partial charge is 0.190 e. The van der Waals surface area contributed by atoms with Gasteiger partial charge in [-0.05, 0) is 62.6 Å². The molecule has 0 atom stereocenters. The molecule has 0 N–H and O–H groups in total. The minimum absolute atomic E-state index is 0. The molecule has 0 fully saturated rings. The molecule has 5 rings (SSSR count). The highest BCUT2D eigenvalue weighted by atomic mass is 79.9. The number of ketones is 2. The Hall–Kier alpha value is -3.13. The van der Waals surface area contributed by atoms with E-state index in [0.29, 0.717) is 28.7 Å². The van der Waals surface area contributed by atoms with Gasteiger partial charge in [-0.3, -0.25) is 9.59 Å². The van der Waals surface area contributed by atoms with Crippen molar-refractivity contribution in [3.05, 3.63) is 138 Å². The van der Waals surface area contributed by atoms with Crippen molar-refractivity contribution in [3.63, 3.8) is 0 Å². The summed E-state index contributed by atoms with van der Waals surface area (Å²) < 4.78 is 0. The molecule has 0 saturated heterocycles. The number of Topliss-reactive ketones (excluding diaryl/α,β-unsaturated/α-hetero) is 2. The highest BCUT2D eigenvalue weighted by Crippen LogP contribution is 2.56. The van der Waals surface area contributed by atoms with E-state index in [-0.39, 0.29) is 28.5 Å². The first-order valence-corrected chi connectivity index (χ1v) is 14.5. The molecule has 0 radical (unpaired) electrons. The molecule has 2 nitrogen and oxygen atoms in total. The van der Waals surface area contributed by atoms with Gasteiger partial charge in [0.1, 0.15) is 23.2 Å². The quantitative estimate of drug-likeness (QED) is 0.241. The molecule has 0 bridgehead atoms. The summed E-state index contributed by atoms with van der Waals surface area (Å²) in [5, 5.41) is 4.11. The number of allylic oxidation sites excluding steroid dienone is 2. The molecule has 186 valence electrons. The van der Waals surface area contributed by atoms with Gasteiger partial charge in [0.05, 0.1) is 6.16 Å². The van der Waals surface area contributed by atoms with Crippen molar-refractivity contribution in [1.82, 2.24) is 0 Å². The first-order chi connectivity index (χ1) is 17.6. The Labute approximate surface area is 230 Å². The maximum atomic E-state index is 13.2. The Balaban J connectivity index is 0.00000320. The van der Waals surface area contributed by atoms with Crippen LogP contribution in [0.15, 0.2) is 126 Å². The van der Waals surface area contributed by atoms with Gasteiger partial charge in [0.2, 0.25) is 0 Å². The summed E-state index contributed by atoms with van der Waals surface area (Å²) in [5.41, 5.74) is 2.37. The Kier molecular flexibility index (Phi) is 8.69. The lowest BCUT2D eigenvalue weighted by molar-refractivity contribution is -0.0000209. The van der Waals surface area contributed by atoms with Gasteiger partial charge in [-0.1, -0.05) is 78.9 Å². The van der Waals surface area contributed by atoms with Crippen LogP contribution in [-0.2, 0) is 0 Å². The van der Waals surface area contributed by atoms with Gasteiger partial charge >= 0.3 is 0 Å². The molecule has 1 aliphatic carbocycles. The lowest BCUT2D eigenvalue weighted by Gasteiger charge is -2.28. The predicted molar refractivity (Wildman–Crippen MR) is 152 cm³/mol. The van der Waals surface area contributed by atoms with Crippen molar-refractivity contribution in [2.75, 3.05) is 6.16 Å². The van der Waals surface area contributed by atoms with Crippen LogP contribution in [0.4, 0.5) is 0 Å². The van der Waals surface area contributed by atoms with Gasteiger partial charge in [-0.25, -0.2) is 0 Å². The average Bonchev–Trinajstić information content (AvgIpc) is 2.95. The van der Waals surface area contributed by atoms with Crippen molar-refractivity contribution in [2.24, 2.45) is 0 Å². The standard InChI is InChI=1S/C33H30O2P.BrH/c1-25-29(33(35)31-23-12-11-22-30(31)32(25)34)21-13-14-24-36(26-15-5-2-6-16-26,27-17-7-3-8-18-27)28-19-9-4-10-20-28;/h2-12,15-20,22-23H,13-14,21,24H2,1H3;1H/q+1;/p-1. The number of carbonyl (C=O) groups excluding carboxylic acids is 2. The number of unbranched alkanes of at least 4 members (excludes halogenated alkanes) is 1. The maximum Gasteiger partial charge on any atom is 0.190 e. The third-order valence-electron chi connectivity index (χ3n) is 7.24. The minimum atomic E-state index is -1.89. The third-order valence-corrected chi connectivity index (χ3v) is 11.8. The molecule has 4 aromatic carbocycles. The second-order valence-corrected chi connectivity index (χ2v) is 12.9. The molecular weight excluding hydrogens is 539 g/mol. The van der Waals surface area contributed by atoms with Gasteiger partial charge in [-0.2, -0.15) is 0 Å². The van der Waals surface area contributed by atoms with E-state index in [1.165, 1.54) is 15.9 Å². The number of hydrogen-bond donors (Lipinski definition) is 0. The summed E-state index contributed by atoms with van der Waals surface area (Å²) in [5.74, 6) is -0.00200. The topological polar surface area (TPSA) is 34.1 Å². The molecule has 0 aliphatic heterocycles. The Morgan fingerprint density at radius 2 is 0.946 bits per heavy atom. The molecule has 0 spiro atoms. The monoisotopic (exact) mass is 568 g/mol. The first-order valence-electron chi connectivity index (χ1n) is 12.6. The van der Waals surface area contributed by atoms with E-state index in [9.17, 15) is 9.59 Å². The van der Waals surface area contributed by atoms with Gasteiger partial charge < -0.3 is 17.0 Å². The van der Waals surface area contributed by atoms with Crippen LogP contribution in [0.25, 0.3) is 0 Å². The van der Waals surface area contributed by atoms with Crippen LogP contribution < -0.4 is 32.9 Å². The summed E-state index contributed by atoms with van der Waals surface area (Å²) >= 11 is 0. The first kappa shape index (κ1) is 26.9. The van der Waals surface area contributed by atoms with E-state index in [1.54, 1.807) is 19.1 Å². The molecule has 1 aliphatic rings. The van der Waals surface area contributed by atoms with E-state index >= 15 is 0 Å². The van der Waals surface area contributed by atoms with Crippen LogP contribution in [0.3, 0.4) is 0 Å². The second-order valence-electron chi connectivity index (χ2n) is 9.30. The zero-order valence-corrected chi connectivity index (χ0v) is 23.4. The van der Waals surface area contributed by atoms with Gasteiger partial charge in [-0.15, -0.1) is 0 Å². The summed E-state index contributed by atoms with van der Waals surface area (Å²) in [6.45, 7) is 1.81. The normalized spacial score (nSPS) is 13.2. The van der Waals surface area contributed by atoms with E-state index < -0.39 is 7.26 Å². The molecular formula is C33H30BrO2P. The molecule has 4 aromatic rings. The van der Waals surface area contributed by atoms with Crippen LogP contribution in [-0.4, -0.2) is 17.7 Å². The SMILES string of the molecule is CC1=C(CCCC[P+](c2ccccc2)(c2ccccc2)c2ccccc2)C(=O)c2ccccc2C1=O.[Br-]. The molecule has 0 saturated carbocycles. The molecule has 37 heavy (non-hydrogen) atoms. The van der Waals surface area contributed by atoms with Gasteiger partial charge in [0.15, 0.2) is 11.6 Å². The molecule has 4 heteroatoms. The van der Waals surface area contributed by atoms with E-state index in [2.05, 4.69) is 91.0 Å². The largest absolute Gasteiger partial charge is 1.00 e. The second kappa shape index (κ2) is 11.9. The zero-order chi connectivity index (χ0) is 25.0. The Morgan fingerprint density at radius 1 is 0.541 bits per heavy atom. The van der Waals surface area contributed by atoms with Crippen LogP contribution in [0.1, 0.15) is 46.9 Å². The molecule has 0 aromatic heterocycles. The number of halogens is 1. The van der Waals surface area contributed by atoms with Gasteiger partial charge in [0.25, 0.3) is 0 Å². The predicted octanol–water partition coefficient (Wildman–Crippen LogP) is 3.55. The van der Waals surface area contributed by atoms with Crippen LogP contribution in [0, 0.1) is 0 Å². The zero-order valence-electron chi connectivity index (χ0n) is 20.9. The number of benzene rings is 4. The van der Waals surface area contributed by atoms with Crippen molar-refractivity contribution < 1.29 is 26.6 Å². The van der Waals surface area contributed by atoms with Crippen LogP contribution in [0.2, 0.25) is 0 Å². The van der Waals surface area contributed by atoms with Gasteiger partial charge in [0, 0.05) is 22.3 Å². The van der Waals surface area contributed by atoms with E-state index in [0.717, 1.165) is 19.0 Å². The van der Waals surface area contributed by atoms with Crippen molar-refractivity contribution >= 4 is 34.7 Å². The van der Waals surface area contributed by atoms with Crippen molar-refractivity contribution in [1.29, 1.82) is 0 Å². The highest BCUT2D eigenvalue weighted by Gasteiger charge is 2.44. The number of rotatable bonds is 8. The lowest BCUT2D eigenvalue weighted by Crippen LogP contribution is -3.00. The van der Waals surface area contributed by atoms with E-state index in [1.807, 2.05) is 12.1 Å². The molecule has 0 heterocycles. The third kappa shape index (κ3) is 5.17. The van der Waals surface area contributed by atoms with Crippen molar-refractivity contribution in [3.8, 4) is 0 Å². The Bertz CT molecular complexity index is 1320. The fraction of sp³-hybridized carbons (Fsp3) is 0.152. The van der Waals surface area contributed by atoms with Crippen LogP contribution in [0.5, 0.6) is 0 Å². The summed E-state index contributed by atoms with van der Waals surface area (Å²) in [6.07, 6.45) is 3.47. The summed E-state index contributed by atoms with van der Waals surface area (Å²) in [4.78, 5) is 26.1. The highest BCUT2D eigenvalue weighted by molar-refractivity contribution is 7.95. The average molecular weight is 569 g/mol. The van der Waals surface area contributed by atoms with Crippen LogP contribution >= 0.6 is 7.26 Å². The molecule has 0 amide bonds. The fourth-order valence-electron chi connectivity index (χ4n) is 5.38.